The Hall–Kier alpha value is -3.05. The molecule has 192 valence electrons. The standard InChI is InChI=1S/C24H28ClF2N7O2/c25-16-8-9-17(20(27)19(16)26)31-24-32-18-11-29-23(30-13-2-1-3-15(35)10-13)33-22(18)34(24)14-6-4-12(5-7-14)21(28)36/h8-9,11-15,35H,1-7,10H2,(H2,28,36)(H,31,32)(H,29,30,33)/t12?,13-,14?,15+/m1/s1. The number of carbonyl (C=O) groups is 1. The minimum absolute atomic E-state index is 0.0531. The molecule has 2 aliphatic rings. The van der Waals surface area contributed by atoms with Gasteiger partial charge in [-0.15, -0.1) is 0 Å². The minimum atomic E-state index is -1.15. The Morgan fingerprint density at radius 3 is 2.61 bits per heavy atom. The normalized spacial score (nSPS) is 24.6. The van der Waals surface area contributed by atoms with Gasteiger partial charge in [0.25, 0.3) is 0 Å². The molecule has 2 saturated carbocycles. The molecule has 5 N–H and O–H groups in total. The van der Waals surface area contributed by atoms with E-state index in [4.69, 9.17) is 22.3 Å². The molecule has 0 radical (unpaired) electrons. The second-order valence-corrected chi connectivity index (χ2v) is 10.0. The van der Waals surface area contributed by atoms with Crippen LogP contribution in [0.3, 0.4) is 0 Å². The lowest BCUT2D eigenvalue weighted by Crippen LogP contribution is -2.30. The van der Waals surface area contributed by atoms with Crippen LogP contribution < -0.4 is 16.4 Å². The van der Waals surface area contributed by atoms with Gasteiger partial charge in [0.2, 0.25) is 17.8 Å². The third-order valence-electron chi connectivity index (χ3n) is 7.16. The van der Waals surface area contributed by atoms with Crippen molar-refractivity contribution in [2.75, 3.05) is 10.6 Å². The summed E-state index contributed by atoms with van der Waals surface area (Å²) in [5, 5.41) is 15.9. The molecule has 0 spiro atoms. The van der Waals surface area contributed by atoms with Crippen molar-refractivity contribution in [1.82, 2.24) is 19.5 Å². The number of halogens is 3. The zero-order chi connectivity index (χ0) is 25.4. The summed E-state index contributed by atoms with van der Waals surface area (Å²) in [5.74, 6) is -2.07. The maximum Gasteiger partial charge on any atom is 0.224 e. The highest BCUT2D eigenvalue weighted by Crippen LogP contribution is 2.37. The molecule has 5 rings (SSSR count). The highest BCUT2D eigenvalue weighted by molar-refractivity contribution is 6.30. The molecule has 1 aromatic carbocycles. The number of carbonyl (C=O) groups excluding carboxylic acids is 1. The van der Waals surface area contributed by atoms with E-state index in [-0.39, 0.29) is 46.7 Å². The number of rotatable bonds is 6. The quantitative estimate of drug-likeness (QED) is 0.354. The minimum Gasteiger partial charge on any atom is -0.393 e. The first-order valence-corrected chi connectivity index (χ1v) is 12.6. The van der Waals surface area contributed by atoms with Crippen LogP contribution in [0.1, 0.15) is 57.4 Å². The summed E-state index contributed by atoms with van der Waals surface area (Å²) in [4.78, 5) is 25.4. The number of hydrogen-bond donors (Lipinski definition) is 4. The fourth-order valence-electron chi connectivity index (χ4n) is 5.23. The van der Waals surface area contributed by atoms with Crippen molar-refractivity contribution in [2.24, 2.45) is 11.7 Å². The molecule has 1 amide bonds. The summed E-state index contributed by atoms with van der Waals surface area (Å²) >= 11 is 5.71. The second-order valence-electron chi connectivity index (χ2n) is 9.63. The van der Waals surface area contributed by atoms with Crippen LogP contribution in [0.15, 0.2) is 18.3 Å². The van der Waals surface area contributed by atoms with E-state index in [1.54, 1.807) is 6.20 Å². The Bertz CT molecular complexity index is 1280. The Morgan fingerprint density at radius 2 is 1.89 bits per heavy atom. The summed E-state index contributed by atoms with van der Waals surface area (Å²) in [6, 6.07) is 2.58. The number of amides is 1. The maximum atomic E-state index is 14.6. The zero-order valence-corrected chi connectivity index (χ0v) is 20.3. The highest BCUT2D eigenvalue weighted by Gasteiger charge is 2.30. The van der Waals surface area contributed by atoms with Crippen LogP contribution in [0.2, 0.25) is 5.02 Å². The van der Waals surface area contributed by atoms with E-state index in [9.17, 15) is 18.7 Å². The summed E-state index contributed by atoms with van der Waals surface area (Å²) in [7, 11) is 0. The van der Waals surface area contributed by atoms with Crippen molar-refractivity contribution in [1.29, 1.82) is 0 Å². The first kappa shape index (κ1) is 24.6. The van der Waals surface area contributed by atoms with Gasteiger partial charge in [0, 0.05) is 18.0 Å². The molecule has 12 heteroatoms. The molecular weight excluding hydrogens is 492 g/mol. The Kier molecular flexibility index (Phi) is 6.94. The Morgan fingerprint density at radius 1 is 1.11 bits per heavy atom. The molecule has 36 heavy (non-hydrogen) atoms. The summed E-state index contributed by atoms with van der Waals surface area (Å²) in [5.41, 5.74) is 6.42. The molecule has 0 unspecified atom stereocenters. The van der Waals surface area contributed by atoms with Crippen LogP contribution in [0, 0.1) is 17.6 Å². The number of benzene rings is 1. The second kappa shape index (κ2) is 10.1. The van der Waals surface area contributed by atoms with Crippen LogP contribution >= 0.6 is 11.6 Å². The fourth-order valence-corrected chi connectivity index (χ4v) is 5.38. The Balaban J connectivity index is 1.51. The van der Waals surface area contributed by atoms with Crippen molar-refractivity contribution in [3.8, 4) is 0 Å². The first-order valence-electron chi connectivity index (χ1n) is 12.2. The summed E-state index contributed by atoms with van der Waals surface area (Å²) in [6.07, 6.45) is 6.97. The summed E-state index contributed by atoms with van der Waals surface area (Å²) in [6.45, 7) is 0. The van der Waals surface area contributed by atoms with Gasteiger partial charge in [0.1, 0.15) is 5.52 Å². The van der Waals surface area contributed by atoms with Gasteiger partial charge in [-0.3, -0.25) is 9.36 Å². The molecule has 0 bridgehead atoms. The topological polar surface area (TPSA) is 131 Å². The van der Waals surface area contributed by atoms with Crippen LogP contribution in [-0.4, -0.2) is 42.7 Å². The molecule has 2 aromatic heterocycles. The lowest BCUT2D eigenvalue weighted by atomic mass is 9.85. The van der Waals surface area contributed by atoms with Crippen LogP contribution in [0.25, 0.3) is 11.2 Å². The predicted molar refractivity (Wildman–Crippen MR) is 132 cm³/mol. The number of aliphatic hydroxyl groups excluding tert-OH is 1. The number of aliphatic hydroxyl groups is 1. The number of hydrogen-bond acceptors (Lipinski definition) is 7. The van der Waals surface area contributed by atoms with Gasteiger partial charge >= 0.3 is 0 Å². The lowest BCUT2D eigenvalue weighted by molar-refractivity contribution is -0.122. The average molecular weight is 520 g/mol. The monoisotopic (exact) mass is 519 g/mol. The molecule has 3 aromatic rings. The van der Waals surface area contributed by atoms with E-state index in [2.05, 4.69) is 20.6 Å². The van der Waals surface area contributed by atoms with Crippen molar-refractivity contribution in [3.05, 3.63) is 35.0 Å². The molecular formula is C24H28ClF2N7O2. The molecule has 2 aliphatic carbocycles. The van der Waals surface area contributed by atoms with Crippen molar-refractivity contribution >= 4 is 46.3 Å². The van der Waals surface area contributed by atoms with Crippen molar-refractivity contribution in [3.63, 3.8) is 0 Å². The number of anilines is 3. The molecule has 0 saturated heterocycles. The van der Waals surface area contributed by atoms with Gasteiger partial charge in [-0.2, -0.15) is 4.98 Å². The molecule has 9 nitrogen and oxygen atoms in total. The van der Waals surface area contributed by atoms with Crippen molar-refractivity contribution in [2.45, 2.75) is 69.6 Å². The van der Waals surface area contributed by atoms with Gasteiger partial charge in [0.15, 0.2) is 17.3 Å². The van der Waals surface area contributed by atoms with E-state index in [0.29, 0.717) is 49.2 Å². The highest BCUT2D eigenvalue weighted by atomic mass is 35.5. The molecule has 2 atom stereocenters. The van der Waals surface area contributed by atoms with E-state index in [1.807, 2.05) is 4.57 Å². The number of aromatic nitrogens is 4. The van der Waals surface area contributed by atoms with Gasteiger partial charge < -0.3 is 21.5 Å². The number of nitrogens with one attached hydrogen (secondary N) is 2. The van der Waals surface area contributed by atoms with Crippen LogP contribution in [0.4, 0.5) is 26.4 Å². The number of fused-ring (bicyclic) bond motifs is 1. The lowest BCUT2D eigenvalue weighted by Gasteiger charge is -2.29. The van der Waals surface area contributed by atoms with E-state index < -0.39 is 11.6 Å². The maximum absolute atomic E-state index is 14.6. The molecule has 2 heterocycles. The van der Waals surface area contributed by atoms with E-state index in [0.717, 1.165) is 19.3 Å². The summed E-state index contributed by atoms with van der Waals surface area (Å²) < 4.78 is 30.6. The molecule has 0 aliphatic heterocycles. The Labute approximate surface area is 211 Å². The number of imidazole rings is 1. The largest absolute Gasteiger partial charge is 0.393 e. The molecule has 2 fully saturated rings. The number of nitrogens with two attached hydrogens (primary N) is 1. The van der Waals surface area contributed by atoms with Crippen LogP contribution in [0.5, 0.6) is 0 Å². The smallest absolute Gasteiger partial charge is 0.224 e. The SMILES string of the molecule is NC(=O)C1CCC(n2c(Nc3ccc(Cl)c(F)c3F)nc3cnc(N[C@@H]4CCC[C@H](O)C4)nc32)CC1. The average Bonchev–Trinajstić information content (AvgIpc) is 3.21. The van der Waals surface area contributed by atoms with Crippen LogP contribution in [-0.2, 0) is 4.79 Å². The first-order chi connectivity index (χ1) is 17.3. The van der Waals surface area contributed by atoms with Gasteiger partial charge in [-0.05, 0) is 63.5 Å². The fraction of sp³-hybridized carbons (Fsp3) is 0.500. The van der Waals surface area contributed by atoms with Crippen molar-refractivity contribution < 1.29 is 18.7 Å². The van der Waals surface area contributed by atoms with E-state index >= 15 is 0 Å². The third kappa shape index (κ3) is 4.94. The number of primary amides is 1. The predicted octanol–water partition coefficient (Wildman–Crippen LogP) is 4.43. The third-order valence-corrected chi connectivity index (χ3v) is 7.45. The number of nitrogens with zero attached hydrogens (tertiary/aromatic N) is 4. The van der Waals surface area contributed by atoms with Gasteiger partial charge in [-0.1, -0.05) is 11.6 Å². The van der Waals surface area contributed by atoms with Gasteiger partial charge in [-0.25, -0.2) is 18.7 Å². The van der Waals surface area contributed by atoms with E-state index in [1.165, 1.54) is 12.1 Å². The van der Waals surface area contributed by atoms with Gasteiger partial charge in [0.05, 0.1) is 23.0 Å². The zero-order valence-electron chi connectivity index (χ0n) is 19.6.